The molecule has 29 heavy (non-hydrogen) atoms. The summed E-state index contributed by atoms with van der Waals surface area (Å²) >= 11 is 0. The zero-order valence-corrected chi connectivity index (χ0v) is 16.2. The third-order valence-corrected chi connectivity index (χ3v) is 6.09. The molecule has 0 bridgehead atoms. The lowest BCUT2D eigenvalue weighted by Gasteiger charge is -2.43. The predicted molar refractivity (Wildman–Crippen MR) is 98.3 cm³/mol. The zero-order valence-electron chi connectivity index (χ0n) is 16.2. The van der Waals surface area contributed by atoms with Crippen LogP contribution >= 0.6 is 0 Å². The fraction of sp³-hybridized carbons (Fsp3) is 0.600. The van der Waals surface area contributed by atoms with Crippen LogP contribution in [-0.2, 0) is 10.4 Å². The number of hydrogen-bond donors (Lipinski definition) is 2. The number of carbonyl (C=O) groups excluding carboxylic acids is 1. The molecule has 158 valence electrons. The normalized spacial score (nSPS) is 23.5. The van der Waals surface area contributed by atoms with E-state index in [1.807, 2.05) is 0 Å². The van der Waals surface area contributed by atoms with Crippen LogP contribution in [0.4, 0.5) is 23.4 Å². The van der Waals surface area contributed by atoms with Gasteiger partial charge in [-0.3, -0.25) is 4.79 Å². The first-order valence-electron chi connectivity index (χ1n) is 9.71. The fourth-order valence-corrected chi connectivity index (χ4v) is 3.98. The number of alkyl halides is 4. The number of aromatic nitrogens is 2. The number of rotatable bonds is 5. The monoisotopic (exact) mass is 413 g/mol. The minimum atomic E-state index is -4.17. The van der Waals surface area contributed by atoms with Crippen molar-refractivity contribution in [3.8, 4) is 0 Å². The van der Waals surface area contributed by atoms with Crippen molar-refractivity contribution in [3.63, 3.8) is 0 Å². The second kappa shape index (κ2) is 6.42. The van der Waals surface area contributed by atoms with Crippen LogP contribution in [0.1, 0.15) is 63.0 Å². The van der Waals surface area contributed by atoms with Crippen molar-refractivity contribution >= 4 is 17.2 Å². The fourth-order valence-electron chi connectivity index (χ4n) is 3.98. The van der Waals surface area contributed by atoms with Gasteiger partial charge in [0, 0.05) is 30.5 Å². The van der Waals surface area contributed by atoms with Gasteiger partial charge < -0.3 is 10.4 Å². The van der Waals surface area contributed by atoms with Crippen molar-refractivity contribution in [2.45, 2.75) is 69.3 Å². The van der Waals surface area contributed by atoms with Crippen molar-refractivity contribution < 1.29 is 27.5 Å². The van der Waals surface area contributed by atoms with Crippen LogP contribution < -0.4 is 5.32 Å². The molecular weight excluding hydrogens is 390 g/mol. The molecule has 1 atom stereocenters. The van der Waals surface area contributed by atoms with Crippen LogP contribution in [-0.4, -0.2) is 32.5 Å². The lowest BCUT2D eigenvalue weighted by Crippen LogP contribution is -2.59. The number of aliphatic hydroxyl groups is 1. The molecule has 0 saturated heterocycles. The highest BCUT2D eigenvalue weighted by molar-refractivity contribution is 5.92. The van der Waals surface area contributed by atoms with E-state index in [2.05, 4.69) is 10.4 Å². The molecule has 2 aliphatic rings. The van der Waals surface area contributed by atoms with Crippen LogP contribution in [0, 0.1) is 5.92 Å². The summed E-state index contributed by atoms with van der Waals surface area (Å²) in [6.45, 7) is 3.32. The number of anilines is 1. The van der Waals surface area contributed by atoms with Gasteiger partial charge in [0.25, 0.3) is 0 Å². The first-order chi connectivity index (χ1) is 13.4. The number of fused-ring (bicyclic) bond motifs is 1. The molecule has 2 fully saturated rings. The largest absolute Gasteiger partial charge is 0.386 e. The van der Waals surface area contributed by atoms with E-state index < -0.39 is 42.1 Å². The smallest absolute Gasteiger partial charge is 0.313 e. The third kappa shape index (κ3) is 3.29. The molecule has 2 aromatic rings. The average Bonchev–Trinajstić information content (AvgIpc) is 2.89. The van der Waals surface area contributed by atoms with E-state index in [1.165, 1.54) is 0 Å². The van der Waals surface area contributed by atoms with Gasteiger partial charge in [0.1, 0.15) is 0 Å². The summed E-state index contributed by atoms with van der Waals surface area (Å²) in [7, 11) is 0. The van der Waals surface area contributed by atoms with Gasteiger partial charge >= 0.3 is 11.8 Å². The van der Waals surface area contributed by atoms with E-state index in [1.54, 1.807) is 36.7 Å². The topological polar surface area (TPSA) is 66.6 Å². The van der Waals surface area contributed by atoms with Gasteiger partial charge in [-0.25, -0.2) is 4.52 Å². The second-order valence-corrected chi connectivity index (χ2v) is 8.68. The first kappa shape index (κ1) is 20.1. The van der Waals surface area contributed by atoms with Crippen molar-refractivity contribution in [2.24, 2.45) is 5.92 Å². The van der Waals surface area contributed by atoms with E-state index in [-0.39, 0.29) is 11.7 Å². The molecule has 9 heteroatoms. The molecule has 2 N–H and O–H groups in total. The Labute approximate surface area is 165 Å². The first-order valence-corrected chi connectivity index (χ1v) is 9.71. The molecule has 1 amide bonds. The summed E-state index contributed by atoms with van der Waals surface area (Å²) in [6, 6.07) is 3.52. The molecule has 2 saturated carbocycles. The maximum absolute atomic E-state index is 13.5. The Morgan fingerprint density at radius 3 is 2.55 bits per heavy atom. The summed E-state index contributed by atoms with van der Waals surface area (Å²) in [4.78, 5) is 12.3. The SMILES string of the molecule is CC(C)(O)c1ccn2nc(NC(=O)C[C@H]3CC(F)(F)C3(F)F)c(C3CCC3)c2c1. The molecule has 0 aliphatic heterocycles. The summed E-state index contributed by atoms with van der Waals surface area (Å²) in [5, 5.41) is 17.2. The standard InChI is InChI=1S/C20H23F4N3O2/c1-18(2,29)12-6-7-27-14(8-12)16(11-4-3-5-11)17(26-27)25-15(28)9-13-10-19(21,22)20(13,23)24/h6-8,11,13,29H,3-5,9-10H2,1-2H3,(H,25,26,28)/t13-/m0/s1. The highest BCUT2D eigenvalue weighted by Crippen LogP contribution is 2.56. The molecule has 0 unspecified atom stereocenters. The second-order valence-electron chi connectivity index (χ2n) is 8.68. The van der Waals surface area contributed by atoms with E-state index in [0.717, 1.165) is 30.3 Å². The molecular formula is C20H23F4N3O2. The van der Waals surface area contributed by atoms with Crippen LogP contribution in [0.25, 0.3) is 5.52 Å². The number of nitrogens with zero attached hydrogens (tertiary/aromatic N) is 2. The van der Waals surface area contributed by atoms with Crippen molar-refractivity contribution in [2.75, 3.05) is 5.32 Å². The number of hydrogen-bond acceptors (Lipinski definition) is 3. The highest BCUT2D eigenvalue weighted by Gasteiger charge is 2.71. The molecule has 0 aromatic carbocycles. The third-order valence-electron chi connectivity index (χ3n) is 6.09. The van der Waals surface area contributed by atoms with Gasteiger partial charge in [0.05, 0.1) is 11.1 Å². The lowest BCUT2D eigenvalue weighted by atomic mass is 9.74. The van der Waals surface area contributed by atoms with Gasteiger partial charge in [-0.1, -0.05) is 6.42 Å². The Morgan fingerprint density at radius 2 is 2.03 bits per heavy atom. The summed E-state index contributed by atoms with van der Waals surface area (Å²) in [6.07, 6.45) is 2.83. The van der Waals surface area contributed by atoms with Crippen LogP contribution in [0.5, 0.6) is 0 Å². The molecule has 0 radical (unpaired) electrons. The predicted octanol–water partition coefficient (Wildman–Crippen LogP) is 4.45. The van der Waals surface area contributed by atoms with Gasteiger partial charge in [-0.2, -0.15) is 17.6 Å². The molecule has 2 aromatic heterocycles. The van der Waals surface area contributed by atoms with Gasteiger partial charge in [-0.05, 0) is 50.3 Å². The Kier molecular flexibility index (Phi) is 4.45. The van der Waals surface area contributed by atoms with Crippen molar-refractivity contribution in [3.05, 3.63) is 29.5 Å². The minimum Gasteiger partial charge on any atom is -0.386 e. The Bertz CT molecular complexity index is 961. The summed E-state index contributed by atoms with van der Waals surface area (Å²) in [5.74, 6) is -10.2. The van der Waals surface area contributed by atoms with E-state index >= 15 is 0 Å². The maximum atomic E-state index is 13.5. The highest BCUT2D eigenvalue weighted by atomic mass is 19.3. The molecule has 5 nitrogen and oxygen atoms in total. The molecule has 4 rings (SSSR count). The number of halogens is 4. The Morgan fingerprint density at radius 1 is 1.34 bits per heavy atom. The number of pyridine rings is 1. The maximum Gasteiger partial charge on any atom is 0.313 e. The summed E-state index contributed by atoms with van der Waals surface area (Å²) in [5.41, 5.74) is 1.14. The molecule has 2 heterocycles. The minimum absolute atomic E-state index is 0.161. The number of carbonyl (C=O) groups is 1. The van der Waals surface area contributed by atoms with E-state index in [9.17, 15) is 27.5 Å². The van der Waals surface area contributed by atoms with Crippen LogP contribution in [0.2, 0.25) is 0 Å². The molecule has 2 aliphatic carbocycles. The zero-order chi connectivity index (χ0) is 21.2. The quantitative estimate of drug-likeness (QED) is 0.712. The van der Waals surface area contributed by atoms with Gasteiger partial charge in [0.2, 0.25) is 5.91 Å². The van der Waals surface area contributed by atoms with Gasteiger partial charge in [0.15, 0.2) is 5.82 Å². The van der Waals surface area contributed by atoms with Crippen LogP contribution in [0.3, 0.4) is 0 Å². The number of amides is 1. The van der Waals surface area contributed by atoms with Crippen LogP contribution in [0.15, 0.2) is 18.3 Å². The lowest BCUT2D eigenvalue weighted by molar-refractivity contribution is -0.313. The van der Waals surface area contributed by atoms with E-state index in [4.69, 9.17) is 0 Å². The summed E-state index contributed by atoms with van der Waals surface area (Å²) < 4.78 is 54.6. The van der Waals surface area contributed by atoms with E-state index in [0.29, 0.717) is 5.56 Å². The Balaban J connectivity index is 1.61. The van der Waals surface area contributed by atoms with Gasteiger partial charge in [-0.15, -0.1) is 5.10 Å². The molecule has 0 spiro atoms. The number of nitrogens with one attached hydrogen (secondary N) is 1. The average molecular weight is 413 g/mol. The van der Waals surface area contributed by atoms with Crippen molar-refractivity contribution in [1.82, 2.24) is 9.61 Å². The van der Waals surface area contributed by atoms with Crippen molar-refractivity contribution in [1.29, 1.82) is 0 Å². The Hall–Kier alpha value is -2.16.